The highest BCUT2D eigenvalue weighted by Gasteiger charge is 2.56. The summed E-state index contributed by atoms with van der Waals surface area (Å²) in [5, 5.41) is 11.1. The van der Waals surface area contributed by atoms with Gasteiger partial charge >= 0.3 is 0 Å². The highest BCUT2D eigenvalue weighted by molar-refractivity contribution is 5.31. The molecule has 4 nitrogen and oxygen atoms in total. The number of nitrogens with one attached hydrogen (secondary N) is 1. The van der Waals surface area contributed by atoms with Crippen LogP contribution in [-0.2, 0) is 6.54 Å². The summed E-state index contributed by atoms with van der Waals surface area (Å²) >= 11 is 0. The van der Waals surface area contributed by atoms with Crippen molar-refractivity contribution in [3.63, 3.8) is 0 Å². The molecule has 4 aliphatic rings. The maximum absolute atomic E-state index is 11.1. The zero-order valence-electron chi connectivity index (χ0n) is 19.6. The Morgan fingerprint density at radius 1 is 1.00 bits per heavy atom. The summed E-state index contributed by atoms with van der Waals surface area (Å²) in [7, 11) is 1.73. The first-order valence-corrected chi connectivity index (χ1v) is 12.4. The Bertz CT molecular complexity index is 891. The summed E-state index contributed by atoms with van der Waals surface area (Å²) < 4.78 is 11.5. The molecule has 172 valence electrons. The number of ether oxygens (including phenoxy) is 2. The Hall–Kier alpha value is -2.04. The SMILES string of the molecule is COc1cccc(C[NH+](C[C@H](O)COc2ccccc2C)C23CC4CC(CC(C4)C2)C3)c1. The van der Waals surface area contributed by atoms with E-state index in [-0.39, 0.29) is 0 Å². The van der Waals surface area contributed by atoms with Crippen LogP contribution in [0.2, 0.25) is 0 Å². The third-order valence-corrected chi connectivity index (χ3v) is 8.35. The maximum atomic E-state index is 11.1. The predicted octanol–water partition coefficient (Wildman–Crippen LogP) is 3.80. The lowest BCUT2D eigenvalue weighted by atomic mass is 9.52. The lowest BCUT2D eigenvalue weighted by molar-refractivity contribution is -0.974. The summed E-state index contributed by atoms with van der Waals surface area (Å²) in [6.45, 7) is 4.07. The second kappa shape index (κ2) is 9.07. The van der Waals surface area contributed by atoms with Crippen LogP contribution in [0.5, 0.6) is 11.5 Å². The van der Waals surface area contributed by atoms with E-state index in [1.54, 1.807) is 12.0 Å². The van der Waals surface area contributed by atoms with Gasteiger partial charge in [-0.05, 0) is 67.7 Å². The fourth-order valence-electron chi connectivity index (χ4n) is 7.30. The minimum atomic E-state index is -0.483. The average Bonchev–Trinajstić information content (AvgIpc) is 2.77. The molecule has 32 heavy (non-hydrogen) atoms. The number of methoxy groups -OCH3 is 1. The molecule has 2 aromatic carbocycles. The molecule has 4 heteroatoms. The molecule has 4 saturated carbocycles. The maximum Gasteiger partial charge on any atom is 0.137 e. The fraction of sp³-hybridized carbons (Fsp3) is 0.571. The van der Waals surface area contributed by atoms with Crippen molar-refractivity contribution < 1.29 is 19.5 Å². The van der Waals surface area contributed by atoms with E-state index >= 15 is 0 Å². The lowest BCUT2D eigenvalue weighted by Crippen LogP contribution is -3.21. The second-order valence-electron chi connectivity index (χ2n) is 10.8. The number of quaternary nitrogens is 1. The molecule has 0 aromatic heterocycles. The van der Waals surface area contributed by atoms with Gasteiger partial charge in [0.1, 0.15) is 37.3 Å². The van der Waals surface area contributed by atoms with E-state index in [0.717, 1.165) is 47.9 Å². The van der Waals surface area contributed by atoms with Crippen LogP contribution in [0.15, 0.2) is 48.5 Å². The van der Waals surface area contributed by atoms with Gasteiger partial charge in [-0.15, -0.1) is 0 Å². The largest absolute Gasteiger partial charge is 0.497 e. The van der Waals surface area contributed by atoms with Gasteiger partial charge in [0, 0.05) is 24.8 Å². The predicted molar refractivity (Wildman–Crippen MR) is 126 cm³/mol. The van der Waals surface area contributed by atoms with E-state index in [1.165, 1.54) is 44.1 Å². The smallest absolute Gasteiger partial charge is 0.137 e. The van der Waals surface area contributed by atoms with Crippen LogP contribution in [-0.4, -0.2) is 37.0 Å². The van der Waals surface area contributed by atoms with Crippen LogP contribution in [0.3, 0.4) is 0 Å². The van der Waals surface area contributed by atoms with Gasteiger partial charge in [0.05, 0.1) is 12.6 Å². The second-order valence-corrected chi connectivity index (χ2v) is 10.8. The van der Waals surface area contributed by atoms with E-state index in [9.17, 15) is 5.11 Å². The van der Waals surface area contributed by atoms with E-state index in [1.807, 2.05) is 24.3 Å². The molecule has 0 amide bonds. The van der Waals surface area contributed by atoms with Crippen molar-refractivity contribution in [1.82, 2.24) is 0 Å². The van der Waals surface area contributed by atoms with Crippen molar-refractivity contribution in [2.75, 3.05) is 20.3 Å². The van der Waals surface area contributed by atoms with E-state index < -0.39 is 6.10 Å². The highest BCUT2D eigenvalue weighted by Crippen LogP contribution is 2.54. The van der Waals surface area contributed by atoms with Crippen LogP contribution in [0.1, 0.15) is 49.7 Å². The van der Waals surface area contributed by atoms with Crippen molar-refractivity contribution in [3.8, 4) is 11.5 Å². The number of para-hydroxylation sites is 1. The van der Waals surface area contributed by atoms with Gasteiger partial charge in [-0.3, -0.25) is 0 Å². The van der Waals surface area contributed by atoms with E-state index in [2.05, 4.69) is 31.2 Å². The zero-order chi connectivity index (χ0) is 22.1. The zero-order valence-corrected chi connectivity index (χ0v) is 19.6. The van der Waals surface area contributed by atoms with Gasteiger partial charge in [0.15, 0.2) is 0 Å². The molecule has 0 aliphatic heterocycles. The summed E-state index contributed by atoms with van der Waals surface area (Å²) in [4.78, 5) is 1.55. The molecule has 4 bridgehead atoms. The van der Waals surface area contributed by atoms with Gasteiger partial charge in [-0.2, -0.15) is 0 Å². The molecule has 1 unspecified atom stereocenters. The number of rotatable bonds is 9. The van der Waals surface area contributed by atoms with Crippen LogP contribution in [0, 0.1) is 24.7 Å². The van der Waals surface area contributed by atoms with Gasteiger partial charge in [-0.25, -0.2) is 0 Å². The quantitative estimate of drug-likeness (QED) is 0.628. The lowest BCUT2D eigenvalue weighted by Gasteiger charge is -2.58. The summed E-state index contributed by atoms with van der Waals surface area (Å²) in [5.41, 5.74) is 2.71. The summed E-state index contributed by atoms with van der Waals surface area (Å²) in [6.07, 6.45) is 7.79. The van der Waals surface area contributed by atoms with Crippen LogP contribution >= 0.6 is 0 Å². The minimum absolute atomic E-state index is 0.307. The normalized spacial score (nSPS) is 30.2. The van der Waals surface area contributed by atoms with Crippen LogP contribution in [0.4, 0.5) is 0 Å². The topological polar surface area (TPSA) is 43.1 Å². The third-order valence-electron chi connectivity index (χ3n) is 8.35. The Labute approximate surface area is 192 Å². The molecule has 0 saturated heterocycles. The molecular weight excluding hydrogens is 398 g/mol. The molecule has 2 atom stereocenters. The molecule has 4 fully saturated rings. The number of hydrogen-bond donors (Lipinski definition) is 2. The summed E-state index contributed by atoms with van der Waals surface area (Å²) in [6, 6.07) is 16.5. The Morgan fingerprint density at radius 3 is 2.34 bits per heavy atom. The summed E-state index contributed by atoms with van der Waals surface area (Å²) in [5.74, 6) is 4.46. The fourth-order valence-corrected chi connectivity index (χ4v) is 7.30. The first-order chi connectivity index (χ1) is 15.5. The molecule has 2 N–H and O–H groups in total. The Morgan fingerprint density at radius 2 is 1.69 bits per heavy atom. The van der Waals surface area contributed by atoms with Gasteiger partial charge in [0.2, 0.25) is 0 Å². The molecule has 0 heterocycles. The van der Waals surface area contributed by atoms with Gasteiger partial charge in [0.25, 0.3) is 0 Å². The number of benzene rings is 2. The van der Waals surface area contributed by atoms with Crippen molar-refractivity contribution in [2.24, 2.45) is 17.8 Å². The number of hydrogen-bond acceptors (Lipinski definition) is 3. The minimum Gasteiger partial charge on any atom is -0.497 e. The molecule has 0 spiro atoms. The van der Waals surface area contributed by atoms with Crippen molar-refractivity contribution in [2.45, 2.75) is 63.6 Å². The Kier molecular flexibility index (Phi) is 6.18. The number of aryl methyl sites for hydroxylation is 1. The highest BCUT2D eigenvalue weighted by atomic mass is 16.5. The van der Waals surface area contributed by atoms with Crippen LogP contribution in [0.25, 0.3) is 0 Å². The van der Waals surface area contributed by atoms with Crippen LogP contribution < -0.4 is 14.4 Å². The van der Waals surface area contributed by atoms with E-state index in [0.29, 0.717) is 12.1 Å². The first kappa shape index (κ1) is 21.8. The number of aliphatic hydroxyl groups excluding tert-OH is 1. The average molecular weight is 437 g/mol. The Balaban J connectivity index is 1.34. The van der Waals surface area contributed by atoms with Gasteiger partial charge < -0.3 is 19.5 Å². The van der Waals surface area contributed by atoms with E-state index in [4.69, 9.17) is 9.47 Å². The standard InChI is InChI=1S/C28H37NO3/c1-20-6-3-4-9-27(20)32-19-25(30)18-29(17-21-7-5-8-26(13-21)31-2)28-14-22-10-23(15-28)12-24(11-22)16-28/h3-9,13,22-25,30H,10-12,14-19H2,1-2H3/p+1/t22?,23?,24?,25-,28?/m0/s1. The molecule has 0 radical (unpaired) electrons. The molecule has 4 aliphatic carbocycles. The molecule has 6 rings (SSSR count). The van der Waals surface area contributed by atoms with Crippen molar-refractivity contribution in [3.05, 3.63) is 59.7 Å². The van der Waals surface area contributed by atoms with Crippen molar-refractivity contribution >= 4 is 0 Å². The monoisotopic (exact) mass is 436 g/mol. The number of aliphatic hydroxyl groups is 1. The third kappa shape index (κ3) is 4.53. The molecular formula is C28H38NO3+. The molecule has 2 aromatic rings. The van der Waals surface area contributed by atoms with Crippen molar-refractivity contribution in [1.29, 1.82) is 0 Å². The first-order valence-electron chi connectivity index (χ1n) is 12.4. The van der Waals surface area contributed by atoms with Gasteiger partial charge in [-0.1, -0.05) is 30.3 Å².